The van der Waals surface area contributed by atoms with Crippen molar-refractivity contribution in [2.45, 2.75) is 26.2 Å². The third kappa shape index (κ3) is 3.23. The number of ether oxygens (including phenoxy) is 1. The normalized spacial score (nSPS) is 12.0. The Balaban J connectivity index is 2.04. The van der Waals surface area contributed by atoms with Gasteiger partial charge in [-0.25, -0.2) is 4.79 Å². The summed E-state index contributed by atoms with van der Waals surface area (Å²) in [4.78, 5) is 24.2. The minimum absolute atomic E-state index is 0.213. The molecule has 0 aliphatic heterocycles. The van der Waals surface area contributed by atoms with E-state index in [0.29, 0.717) is 16.8 Å². The first-order valence-corrected chi connectivity index (χ1v) is 7.87. The van der Waals surface area contributed by atoms with Crippen molar-refractivity contribution in [2.75, 3.05) is 7.11 Å². The number of fused-ring (bicyclic) bond motifs is 1. The van der Waals surface area contributed by atoms with Crippen molar-refractivity contribution in [3.63, 3.8) is 0 Å². The number of rotatable bonds is 3. The van der Waals surface area contributed by atoms with Gasteiger partial charge in [0.1, 0.15) is 12.0 Å². The molecule has 9 nitrogen and oxygen atoms in total. The largest absolute Gasteiger partial charge is 0.465 e. The highest BCUT2D eigenvalue weighted by Gasteiger charge is 2.23. The number of esters is 1. The predicted molar refractivity (Wildman–Crippen MR) is 94.5 cm³/mol. The standard InChI is InChI=1S/C17H18N6O3/c1-17(2,3)13-14(24)23(16-20-18-10-22(16)21-13)19-9-11-5-7-12(8-6-11)15(25)26-4/h5-10H,1-4H3. The fourth-order valence-corrected chi connectivity index (χ4v) is 2.30. The Bertz CT molecular complexity index is 1040. The van der Waals surface area contributed by atoms with Crippen LogP contribution in [-0.4, -0.2) is 43.8 Å². The first-order chi connectivity index (χ1) is 12.3. The van der Waals surface area contributed by atoms with Gasteiger partial charge in [0.15, 0.2) is 0 Å². The zero-order chi connectivity index (χ0) is 18.9. The van der Waals surface area contributed by atoms with Crippen LogP contribution in [0.15, 0.2) is 40.5 Å². The first kappa shape index (κ1) is 17.5. The van der Waals surface area contributed by atoms with E-state index in [1.165, 1.54) is 24.2 Å². The van der Waals surface area contributed by atoms with E-state index in [2.05, 4.69) is 25.1 Å². The Hall–Kier alpha value is -3.36. The molecule has 1 aromatic carbocycles. The molecule has 2 aromatic heterocycles. The van der Waals surface area contributed by atoms with E-state index in [9.17, 15) is 9.59 Å². The Morgan fingerprint density at radius 3 is 2.54 bits per heavy atom. The second kappa shape index (κ2) is 6.51. The lowest BCUT2D eigenvalue weighted by Crippen LogP contribution is -2.33. The zero-order valence-corrected chi connectivity index (χ0v) is 14.9. The van der Waals surface area contributed by atoms with Crippen molar-refractivity contribution in [3.8, 4) is 0 Å². The minimum Gasteiger partial charge on any atom is -0.465 e. The molecule has 0 saturated heterocycles. The van der Waals surface area contributed by atoms with Gasteiger partial charge in [-0.15, -0.1) is 10.2 Å². The van der Waals surface area contributed by atoms with Crippen LogP contribution in [-0.2, 0) is 10.2 Å². The lowest BCUT2D eigenvalue weighted by Gasteiger charge is -2.16. The second-order valence-corrected chi connectivity index (χ2v) is 6.65. The molecule has 134 valence electrons. The molecule has 0 bridgehead atoms. The third-order valence-corrected chi connectivity index (χ3v) is 3.67. The monoisotopic (exact) mass is 354 g/mol. The smallest absolute Gasteiger partial charge is 0.337 e. The summed E-state index contributed by atoms with van der Waals surface area (Å²) in [6, 6.07) is 6.65. The molecule has 0 N–H and O–H groups in total. The van der Waals surface area contributed by atoms with E-state index >= 15 is 0 Å². The second-order valence-electron chi connectivity index (χ2n) is 6.65. The highest BCUT2D eigenvalue weighted by molar-refractivity contribution is 5.90. The van der Waals surface area contributed by atoms with Crippen LogP contribution >= 0.6 is 0 Å². The van der Waals surface area contributed by atoms with Crippen LogP contribution in [0.1, 0.15) is 42.4 Å². The highest BCUT2D eigenvalue weighted by atomic mass is 16.5. The molecule has 0 saturated carbocycles. The van der Waals surface area contributed by atoms with E-state index in [1.54, 1.807) is 24.3 Å². The van der Waals surface area contributed by atoms with E-state index < -0.39 is 11.4 Å². The van der Waals surface area contributed by atoms with Crippen LogP contribution in [0.2, 0.25) is 0 Å². The number of carbonyl (C=O) groups is 1. The van der Waals surface area contributed by atoms with Gasteiger partial charge in [0, 0.05) is 5.41 Å². The maximum atomic E-state index is 12.8. The Kier molecular flexibility index (Phi) is 4.37. The van der Waals surface area contributed by atoms with Gasteiger partial charge in [-0.2, -0.15) is 19.4 Å². The van der Waals surface area contributed by atoms with Crippen molar-refractivity contribution in [2.24, 2.45) is 5.10 Å². The molecule has 0 spiro atoms. The lowest BCUT2D eigenvalue weighted by atomic mass is 9.93. The maximum Gasteiger partial charge on any atom is 0.337 e. The molecule has 0 amide bonds. The summed E-state index contributed by atoms with van der Waals surface area (Å²) in [5, 5.41) is 16.2. The van der Waals surface area contributed by atoms with E-state index in [-0.39, 0.29) is 11.3 Å². The topological polar surface area (TPSA) is 104 Å². The van der Waals surface area contributed by atoms with Crippen molar-refractivity contribution < 1.29 is 9.53 Å². The lowest BCUT2D eigenvalue weighted by molar-refractivity contribution is 0.0600. The van der Waals surface area contributed by atoms with Crippen LogP contribution in [0.25, 0.3) is 5.78 Å². The molecule has 0 radical (unpaired) electrons. The first-order valence-electron chi connectivity index (χ1n) is 7.87. The van der Waals surface area contributed by atoms with Gasteiger partial charge < -0.3 is 4.74 Å². The molecule has 0 aliphatic rings. The van der Waals surface area contributed by atoms with Gasteiger partial charge in [-0.05, 0) is 17.7 Å². The summed E-state index contributed by atoms with van der Waals surface area (Å²) in [5.41, 5.74) is 0.662. The quantitative estimate of drug-likeness (QED) is 0.518. The number of methoxy groups -OCH3 is 1. The van der Waals surface area contributed by atoms with Crippen LogP contribution < -0.4 is 5.56 Å². The molecule has 2 heterocycles. The highest BCUT2D eigenvalue weighted by Crippen LogP contribution is 2.16. The van der Waals surface area contributed by atoms with Crippen LogP contribution in [0, 0.1) is 0 Å². The van der Waals surface area contributed by atoms with Gasteiger partial charge >= 0.3 is 5.97 Å². The molecule has 0 aliphatic carbocycles. The zero-order valence-electron chi connectivity index (χ0n) is 14.9. The molecule has 3 rings (SSSR count). The van der Waals surface area contributed by atoms with Crippen LogP contribution in [0.5, 0.6) is 0 Å². The van der Waals surface area contributed by atoms with Crippen LogP contribution in [0.3, 0.4) is 0 Å². The molecular weight excluding hydrogens is 336 g/mol. The molecule has 0 fully saturated rings. The summed E-state index contributed by atoms with van der Waals surface area (Å²) in [6.45, 7) is 5.69. The fourth-order valence-electron chi connectivity index (χ4n) is 2.30. The summed E-state index contributed by atoms with van der Waals surface area (Å²) in [7, 11) is 1.32. The number of benzene rings is 1. The number of aromatic nitrogens is 5. The van der Waals surface area contributed by atoms with E-state index in [0.717, 1.165) is 4.68 Å². The Morgan fingerprint density at radius 1 is 1.23 bits per heavy atom. The molecule has 0 atom stereocenters. The van der Waals surface area contributed by atoms with Gasteiger partial charge in [-0.3, -0.25) is 4.79 Å². The summed E-state index contributed by atoms with van der Waals surface area (Å²) in [6.07, 6.45) is 2.92. The molecule has 9 heteroatoms. The average molecular weight is 354 g/mol. The summed E-state index contributed by atoms with van der Waals surface area (Å²) >= 11 is 0. The van der Waals surface area contributed by atoms with Gasteiger partial charge in [0.25, 0.3) is 11.3 Å². The predicted octanol–water partition coefficient (Wildman–Crippen LogP) is 1.25. The molecular formula is C17H18N6O3. The maximum absolute atomic E-state index is 12.8. The van der Waals surface area contributed by atoms with Crippen molar-refractivity contribution in [3.05, 3.63) is 57.8 Å². The van der Waals surface area contributed by atoms with Gasteiger partial charge in [0.05, 0.1) is 18.9 Å². The van der Waals surface area contributed by atoms with Gasteiger partial charge in [-0.1, -0.05) is 32.9 Å². The van der Waals surface area contributed by atoms with Crippen molar-refractivity contribution in [1.29, 1.82) is 0 Å². The third-order valence-electron chi connectivity index (χ3n) is 3.67. The minimum atomic E-state index is -0.463. The van der Waals surface area contributed by atoms with Gasteiger partial charge in [0.2, 0.25) is 0 Å². The molecule has 26 heavy (non-hydrogen) atoms. The Labute approximate surface area is 148 Å². The van der Waals surface area contributed by atoms with Crippen molar-refractivity contribution in [1.82, 2.24) is 24.5 Å². The molecule has 3 aromatic rings. The summed E-state index contributed by atoms with van der Waals surface area (Å²) in [5.74, 6) is -0.204. The molecule has 0 unspecified atom stereocenters. The van der Waals surface area contributed by atoms with Crippen LogP contribution in [0.4, 0.5) is 0 Å². The number of hydrogen-bond acceptors (Lipinski definition) is 7. The SMILES string of the molecule is COC(=O)c1ccc(C=Nn2c(=O)c(C(C)(C)C)nn3cnnc23)cc1. The van der Waals surface area contributed by atoms with E-state index in [4.69, 9.17) is 0 Å². The fraction of sp³-hybridized carbons (Fsp3) is 0.294. The number of hydrogen-bond donors (Lipinski definition) is 0. The number of nitrogens with zero attached hydrogens (tertiary/aromatic N) is 6. The average Bonchev–Trinajstić information content (AvgIpc) is 3.07. The van der Waals surface area contributed by atoms with E-state index in [1.807, 2.05) is 20.8 Å². The summed E-state index contributed by atoms with van der Waals surface area (Å²) < 4.78 is 7.24. The Morgan fingerprint density at radius 2 is 1.92 bits per heavy atom. The van der Waals surface area contributed by atoms with Crippen molar-refractivity contribution >= 4 is 18.0 Å². The number of carbonyl (C=O) groups excluding carboxylic acids is 1.